The molecule has 0 spiro atoms. The third kappa shape index (κ3) is 3.50. The van der Waals surface area contributed by atoms with Gasteiger partial charge in [0.25, 0.3) is 0 Å². The molecule has 0 bridgehead atoms. The normalized spacial score (nSPS) is 10.2. The molecule has 3 nitrogen and oxygen atoms in total. The second kappa shape index (κ2) is 5.59. The number of halogens is 1. The number of anilines is 1. The Balaban J connectivity index is 2.01. The minimum absolute atomic E-state index is 0.0283. The summed E-state index contributed by atoms with van der Waals surface area (Å²) in [5.41, 5.74) is 1.68. The van der Waals surface area contributed by atoms with Crippen molar-refractivity contribution in [1.82, 2.24) is 4.98 Å². The van der Waals surface area contributed by atoms with Crippen LogP contribution in [-0.2, 0) is 11.2 Å². The molecule has 5 heteroatoms. The molecule has 0 fully saturated rings. The van der Waals surface area contributed by atoms with Crippen LogP contribution in [0.25, 0.3) is 0 Å². The molecule has 2 rings (SSSR count). The van der Waals surface area contributed by atoms with Gasteiger partial charge in [-0.05, 0) is 41.6 Å². The number of carbonyl (C=O) groups excluding carboxylic acids is 1. The monoisotopic (exact) mass is 358 g/mol. The van der Waals surface area contributed by atoms with E-state index in [0.717, 1.165) is 20.0 Å². The fourth-order valence-electron chi connectivity index (χ4n) is 1.41. The Morgan fingerprint density at radius 1 is 1.47 bits per heavy atom. The quantitative estimate of drug-likeness (QED) is 0.856. The first kappa shape index (κ1) is 12.5. The molecule has 0 aliphatic heterocycles. The molecule has 0 saturated carbocycles. The first-order valence-electron chi connectivity index (χ1n) is 5.10. The van der Waals surface area contributed by atoms with Gasteiger partial charge in [-0.25, -0.2) is 4.98 Å². The molecule has 1 aromatic carbocycles. The number of thiazole rings is 1. The fraction of sp³-hybridized carbons (Fsp3) is 0.167. The predicted molar refractivity (Wildman–Crippen MR) is 78.3 cm³/mol. The molecule has 1 heterocycles. The first-order chi connectivity index (χ1) is 8.15. The maximum atomic E-state index is 11.8. The lowest BCUT2D eigenvalue weighted by Gasteiger charge is -2.05. The van der Waals surface area contributed by atoms with E-state index in [-0.39, 0.29) is 5.91 Å². The number of para-hydroxylation sites is 1. The average molecular weight is 358 g/mol. The topological polar surface area (TPSA) is 42.0 Å². The van der Waals surface area contributed by atoms with Gasteiger partial charge in [0.1, 0.15) is 0 Å². The number of carbonyl (C=O) groups is 1. The molecule has 0 aliphatic carbocycles. The summed E-state index contributed by atoms with van der Waals surface area (Å²) in [7, 11) is 0. The highest BCUT2D eigenvalue weighted by Crippen LogP contribution is 2.17. The minimum Gasteiger partial charge on any atom is -0.325 e. The van der Waals surface area contributed by atoms with E-state index in [4.69, 9.17) is 0 Å². The highest BCUT2D eigenvalue weighted by Gasteiger charge is 2.08. The van der Waals surface area contributed by atoms with Crippen LogP contribution in [0.5, 0.6) is 0 Å². The van der Waals surface area contributed by atoms with Gasteiger partial charge in [-0.1, -0.05) is 12.1 Å². The molecule has 2 aromatic rings. The van der Waals surface area contributed by atoms with Gasteiger partial charge in [0.15, 0.2) is 0 Å². The Morgan fingerprint density at radius 3 is 2.88 bits per heavy atom. The van der Waals surface area contributed by atoms with Crippen molar-refractivity contribution < 1.29 is 4.79 Å². The molecule has 0 unspecified atom stereocenters. The molecular weight excluding hydrogens is 347 g/mol. The van der Waals surface area contributed by atoms with Crippen LogP contribution < -0.4 is 5.32 Å². The summed E-state index contributed by atoms with van der Waals surface area (Å²) in [6, 6.07) is 7.71. The Morgan fingerprint density at radius 2 is 2.24 bits per heavy atom. The number of hydrogen-bond acceptors (Lipinski definition) is 3. The smallest absolute Gasteiger partial charge is 0.230 e. The van der Waals surface area contributed by atoms with Gasteiger partial charge in [0, 0.05) is 8.95 Å². The number of benzene rings is 1. The molecule has 1 aromatic heterocycles. The molecule has 1 amide bonds. The molecule has 88 valence electrons. The number of hydrogen-bond donors (Lipinski definition) is 1. The highest BCUT2D eigenvalue weighted by molar-refractivity contribution is 14.1. The maximum Gasteiger partial charge on any atom is 0.230 e. The van der Waals surface area contributed by atoms with Crippen LogP contribution >= 0.6 is 33.9 Å². The van der Waals surface area contributed by atoms with E-state index in [1.165, 1.54) is 0 Å². The van der Waals surface area contributed by atoms with E-state index < -0.39 is 0 Å². The zero-order valence-electron chi connectivity index (χ0n) is 9.24. The van der Waals surface area contributed by atoms with Gasteiger partial charge in [-0.15, -0.1) is 11.3 Å². The van der Waals surface area contributed by atoms with Crippen LogP contribution in [0.1, 0.15) is 10.7 Å². The summed E-state index contributed by atoms with van der Waals surface area (Å²) in [4.78, 5) is 16.1. The predicted octanol–water partition coefficient (Wildman–Crippen LogP) is 3.24. The molecular formula is C12H11IN2OS. The molecule has 1 N–H and O–H groups in total. The lowest BCUT2D eigenvalue weighted by atomic mass is 10.3. The van der Waals surface area contributed by atoms with Crippen LogP contribution in [0.3, 0.4) is 0 Å². The number of rotatable bonds is 3. The summed E-state index contributed by atoms with van der Waals surface area (Å²) < 4.78 is 1.04. The van der Waals surface area contributed by atoms with Crippen molar-refractivity contribution in [1.29, 1.82) is 0 Å². The number of aryl methyl sites for hydroxylation is 1. The van der Waals surface area contributed by atoms with Crippen molar-refractivity contribution in [2.24, 2.45) is 0 Å². The largest absolute Gasteiger partial charge is 0.325 e. The first-order valence-corrected chi connectivity index (χ1v) is 7.06. The van der Waals surface area contributed by atoms with Crippen molar-refractivity contribution in [3.05, 3.63) is 43.9 Å². The molecule has 0 aliphatic rings. The van der Waals surface area contributed by atoms with Crippen molar-refractivity contribution >= 4 is 45.5 Å². The summed E-state index contributed by atoms with van der Waals surface area (Å²) in [5, 5.41) is 5.80. The van der Waals surface area contributed by atoms with Crippen molar-refractivity contribution in [3.8, 4) is 0 Å². The van der Waals surface area contributed by atoms with Gasteiger partial charge in [-0.3, -0.25) is 4.79 Å². The standard InChI is InChI=1S/C12H11IN2OS/c1-8-14-9(7-17-8)6-12(16)15-11-5-3-2-4-10(11)13/h2-5,7H,6H2,1H3,(H,15,16). The van der Waals surface area contributed by atoms with Gasteiger partial charge in [0.2, 0.25) is 5.91 Å². The van der Waals surface area contributed by atoms with Crippen molar-refractivity contribution in [2.75, 3.05) is 5.32 Å². The van der Waals surface area contributed by atoms with Gasteiger partial charge in [-0.2, -0.15) is 0 Å². The van der Waals surface area contributed by atoms with Gasteiger partial charge in [0.05, 0.1) is 22.8 Å². The third-order valence-corrected chi connectivity index (χ3v) is 3.92. The van der Waals surface area contributed by atoms with E-state index in [1.54, 1.807) is 11.3 Å². The SMILES string of the molecule is Cc1nc(CC(=O)Nc2ccccc2I)cs1. The second-order valence-corrected chi connectivity index (χ2v) is 5.79. The molecule has 0 saturated heterocycles. The number of aromatic nitrogens is 1. The highest BCUT2D eigenvalue weighted by atomic mass is 127. The Bertz CT molecular complexity index is 539. The van der Waals surface area contributed by atoms with Crippen molar-refractivity contribution in [2.45, 2.75) is 13.3 Å². The zero-order chi connectivity index (χ0) is 12.3. The summed E-state index contributed by atoms with van der Waals surface area (Å²) >= 11 is 3.76. The summed E-state index contributed by atoms with van der Waals surface area (Å²) in [6.07, 6.45) is 0.329. The Kier molecular flexibility index (Phi) is 4.11. The summed E-state index contributed by atoms with van der Waals surface area (Å²) in [6.45, 7) is 1.94. The van der Waals surface area contributed by atoms with Crippen molar-refractivity contribution in [3.63, 3.8) is 0 Å². The van der Waals surface area contributed by atoms with Crippen LogP contribution in [0.2, 0.25) is 0 Å². The lowest BCUT2D eigenvalue weighted by Crippen LogP contribution is -2.15. The second-order valence-electron chi connectivity index (χ2n) is 3.56. The van der Waals surface area contributed by atoms with E-state index in [0.29, 0.717) is 6.42 Å². The molecule has 0 radical (unpaired) electrons. The summed E-state index contributed by atoms with van der Waals surface area (Å²) in [5.74, 6) is -0.0283. The van der Waals surface area contributed by atoms with E-state index >= 15 is 0 Å². The van der Waals surface area contributed by atoms with Crippen LogP contribution in [0.15, 0.2) is 29.6 Å². The lowest BCUT2D eigenvalue weighted by molar-refractivity contribution is -0.115. The fourth-order valence-corrected chi connectivity index (χ4v) is 2.55. The van der Waals surface area contributed by atoms with Gasteiger partial charge < -0.3 is 5.32 Å². The Hall–Kier alpha value is -0.950. The Labute approximate surface area is 117 Å². The van der Waals surface area contributed by atoms with E-state index in [9.17, 15) is 4.79 Å². The third-order valence-electron chi connectivity index (χ3n) is 2.16. The number of nitrogens with one attached hydrogen (secondary N) is 1. The average Bonchev–Trinajstić information content (AvgIpc) is 2.67. The number of nitrogens with zero attached hydrogens (tertiary/aromatic N) is 1. The van der Waals surface area contributed by atoms with Crippen LogP contribution in [0.4, 0.5) is 5.69 Å². The molecule has 17 heavy (non-hydrogen) atoms. The van der Waals surface area contributed by atoms with E-state index in [2.05, 4.69) is 32.9 Å². The zero-order valence-corrected chi connectivity index (χ0v) is 12.2. The van der Waals surface area contributed by atoms with Crippen LogP contribution in [-0.4, -0.2) is 10.9 Å². The maximum absolute atomic E-state index is 11.8. The minimum atomic E-state index is -0.0283. The van der Waals surface area contributed by atoms with Gasteiger partial charge >= 0.3 is 0 Å². The van der Waals surface area contributed by atoms with E-state index in [1.807, 2.05) is 36.6 Å². The number of amides is 1. The molecule has 0 atom stereocenters. The van der Waals surface area contributed by atoms with Crippen LogP contribution in [0, 0.1) is 10.5 Å².